The zero-order valence-corrected chi connectivity index (χ0v) is 14.7. The minimum atomic E-state index is -0.171. The van der Waals surface area contributed by atoms with Crippen molar-refractivity contribution in [3.63, 3.8) is 0 Å². The van der Waals surface area contributed by atoms with Gasteiger partial charge >= 0.3 is 0 Å². The van der Waals surface area contributed by atoms with Crippen molar-refractivity contribution in [1.82, 2.24) is 24.6 Å². The second kappa shape index (κ2) is 7.74. The van der Waals surface area contributed by atoms with E-state index in [0.29, 0.717) is 23.7 Å². The zero-order chi connectivity index (χ0) is 18.5. The summed E-state index contributed by atoms with van der Waals surface area (Å²) in [5.74, 6) is 0.452. The van der Waals surface area contributed by atoms with Crippen LogP contribution in [-0.4, -0.2) is 31.8 Å². The van der Waals surface area contributed by atoms with E-state index >= 15 is 0 Å². The number of aromatic nitrogens is 4. The summed E-state index contributed by atoms with van der Waals surface area (Å²) < 4.78 is 9.05. The first-order valence-electron chi connectivity index (χ1n) is 8.74. The molecule has 3 heterocycles. The molecule has 1 amide bonds. The monoisotopic (exact) mass is 361 g/mol. The van der Waals surface area contributed by atoms with Gasteiger partial charge in [0.2, 0.25) is 0 Å². The van der Waals surface area contributed by atoms with Gasteiger partial charge in [-0.25, -0.2) is 9.67 Å². The lowest BCUT2D eigenvalue weighted by molar-refractivity contribution is 0.0945. The van der Waals surface area contributed by atoms with Crippen LogP contribution in [0.15, 0.2) is 77.9 Å². The summed E-state index contributed by atoms with van der Waals surface area (Å²) in [7, 11) is 0. The molecule has 0 aliphatic carbocycles. The molecule has 0 saturated heterocycles. The van der Waals surface area contributed by atoms with Crippen LogP contribution in [0.2, 0.25) is 0 Å². The molecule has 0 aliphatic rings. The van der Waals surface area contributed by atoms with Crippen LogP contribution in [0.1, 0.15) is 16.9 Å². The van der Waals surface area contributed by atoms with Gasteiger partial charge in [0.25, 0.3) is 5.91 Å². The Bertz CT molecular complexity index is 989. The first-order chi connectivity index (χ1) is 13.3. The third kappa shape index (κ3) is 3.82. The quantitative estimate of drug-likeness (QED) is 0.513. The number of nitrogens with one attached hydrogen (secondary N) is 1. The molecule has 0 atom stereocenters. The lowest BCUT2D eigenvalue weighted by atomic mass is 10.2. The molecular formula is C20H19N5O2. The van der Waals surface area contributed by atoms with Crippen molar-refractivity contribution in [1.29, 1.82) is 0 Å². The molecule has 136 valence electrons. The van der Waals surface area contributed by atoms with E-state index in [1.807, 2.05) is 47.2 Å². The number of furan rings is 1. The molecule has 0 spiro atoms. The second-order valence-electron chi connectivity index (χ2n) is 6.05. The summed E-state index contributed by atoms with van der Waals surface area (Å²) in [6.07, 6.45) is 7.82. The molecule has 3 aromatic heterocycles. The highest BCUT2D eigenvalue weighted by atomic mass is 16.3. The fourth-order valence-electron chi connectivity index (χ4n) is 2.83. The van der Waals surface area contributed by atoms with Crippen molar-refractivity contribution in [2.75, 3.05) is 6.54 Å². The maximum absolute atomic E-state index is 12.8. The number of hydrogen-bond acceptors (Lipinski definition) is 4. The van der Waals surface area contributed by atoms with E-state index in [4.69, 9.17) is 4.42 Å². The Kier molecular flexibility index (Phi) is 4.82. The molecule has 1 aromatic carbocycles. The van der Waals surface area contributed by atoms with Crippen LogP contribution in [0.3, 0.4) is 0 Å². The molecule has 0 aliphatic heterocycles. The van der Waals surface area contributed by atoms with Crippen LogP contribution in [0.4, 0.5) is 0 Å². The van der Waals surface area contributed by atoms with Gasteiger partial charge in [-0.15, -0.1) is 0 Å². The number of carbonyl (C=O) groups excluding carboxylic acids is 1. The Morgan fingerprint density at radius 2 is 2.04 bits per heavy atom. The van der Waals surface area contributed by atoms with E-state index in [1.54, 1.807) is 35.6 Å². The van der Waals surface area contributed by atoms with Gasteiger partial charge in [0.15, 0.2) is 5.76 Å². The standard InChI is InChI=1S/C20H19N5O2/c26-20(22-9-5-11-24-12-10-21-15-24)18-14-17(19-8-4-13-27-19)23-25(18)16-6-2-1-3-7-16/h1-4,6-8,10,12-15H,5,9,11H2,(H,22,26). The Balaban J connectivity index is 1.52. The molecule has 7 nitrogen and oxygen atoms in total. The third-order valence-electron chi connectivity index (χ3n) is 4.15. The van der Waals surface area contributed by atoms with E-state index in [1.165, 1.54) is 0 Å². The molecule has 27 heavy (non-hydrogen) atoms. The van der Waals surface area contributed by atoms with Crippen LogP contribution in [0.5, 0.6) is 0 Å². The fourth-order valence-corrected chi connectivity index (χ4v) is 2.83. The maximum Gasteiger partial charge on any atom is 0.270 e. The number of aryl methyl sites for hydroxylation is 1. The van der Waals surface area contributed by atoms with Gasteiger partial charge in [0.1, 0.15) is 11.4 Å². The number of carbonyl (C=O) groups is 1. The zero-order valence-electron chi connectivity index (χ0n) is 14.7. The maximum atomic E-state index is 12.8. The summed E-state index contributed by atoms with van der Waals surface area (Å²) in [4.78, 5) is 16.8. The number of hydrogen-bond donors (Lipinski definition) is 1. The number of amides is 1. The summed E-state index contributed by atoms with van der Waals surface area (Å²) in [5, 5.41) is 7.53. The van der Waals surface area contributed by atoms with Gasteiger partial charge in [-0.3, -0.25) is 4.79 Å². The molecular weight excluding hydrogens is 342 g/mol. The summed E-state index contributed by atoms with van der Waals surface area (Å²) in [6, 6.07) is 14.9. The SMILES string of the molecule is O=C(NCCCn1ccnc1)c1cc(-c2ccco2)nn1-c1ccccc1. The predicted molar refractivity (Wildman–Crippen MR) is 100 cm³/mol. The van der Waals surface area contributed by atoms with Crippen LogP contribution >= 0.6 is 0 Å². The highest BCUT2D eigenvalue weighted by Gasteiger charge is 2.18. The average molecular weight is 361 g/mol. The van der Waals surface area contributed by atoms with Crippen molar-refractivity contribution < 1.29 is 9.21 Å². The number of para-hydroxylation sites is 1. The molecule has 4 rings (SSSR count). The highest BCUT2D eigenvalue weighted by molar-refractivity contribution is 5.94. The van der Waals surface area contributed by atoms with Gasteiger partial charge in [-0.1, -0.05) is 18.2 Å². The number of benzene rings is 1. The average Bonchev–Trinajstić information content (AvgIpc) is 3.47. The minimum Gasteiger partial charge on any atom is -0.463 e. The molecule has 0 saturated carbocycles. The molecule has 0 fully saturated rings. The van der Waals surface area contributed by atoms with E-state index in [2.05, 4.69) is 15.4 Å². The number of rotatable bonds is 7. The second-order valence-corrected chi connectivity index (χ2v) is 6.05. The van der Waals surface area contributed by atoms with Crippen LogP contribution < -0.4 is 5.32 Å². The van der Waals surface area contributed by atoms with Crippen molar-refractivity contribution in [3.8, 4) is 17.1 Å². The first-order valence-corrected chi connectivity index (χ1v) is 8.74. The fraction of sp³-hybridized carbons (Fsp3) is 0.150. The van der Waals surface area contributed by atoms with Gasteiger partial charge in [0, 0.05) is 31.5 Å². The van der Waals surface area contributed by atoms with Gasteiger partial charge in [0.05, 0.1) is 18.3 Å². The van der Waals surface area contributed by atoms with Crippen molar-refractivity contribution in [3.05, 3.63) is 79.2 Å². The van der Waals surface area contributed by atoms with E-state index in [-0.39, 0.29) is 5.91 Å². The van der Waals surface area contributed by atoms with E-state index < -0.39 is 0 Å². The van der Waals surface area contributed by atoms with Gasteiger partial charge < -0.3 is 14.3 Å². The third-order valence-corrected chi connectivity index (χ3v) is 4.15. The Morgan fingerprint density at radius 3 is 2.78 bits per heavy atom. The van der Waals surface area contributed by atoms with Crippen molar-refractivity contribution >= 4 is 5.91 Å². The Morgan fingerprint density at radius 1 is 1.15 bits per heavy atom. The Labute approximate surface area is 156 Å². The topological polar surface area (TPSA) is 77.9 Å². The van der Waals surface area contributed by atoms with Gasteiger partial charge in [-0.2, -0.15) is 5.10 Å². The lowest BCUT2D eigenvalue weighted by Gasteiger charge is -2.08. The summed E-state index contributed by atoms with van der Waals surface area (Å²) >= 11 is 0. The Hall–Kier alpha value is -3.61. The van der Waals surface area contributed by atoms with Crippen LogP contribution in [0.25, 0.3) is 17.1 Å². The van der Waals surface area contributed by atoms with E-state index in [9.17, 15) is 4.79 Å². The van der Waals surface area contributed by atoms with E-state index in [0.717, 1.165) is 18.7 Å². The summed E-state index contributed by atoms with van der Waals surface area (Å²) in [5.41, 5.74) is 1.90. The van der Waals surface area contributed by atoms with Crippen molar-refractivity contribution in [2.45, 2.75) is 13.0 Å². The smallest absolute Gasteiger partial charge is 0.270 e. The molecule has 7 heteroatoms. The highest BCUT2D eigenvalue weighted by Crippen LogP contribution is 2.22. The molecule has 0 unspecified atom stereocenters. The lowest BCUT2D eigenvalue weighted by Crippen LogP contribution is -2.27. The molecule has 0 radical (unpaired) electrons. The minimum absolute atomic E-state index is 0.171. The van der Waals surface area contributed by atoms with Gasteiger partial charge in [-0.05, 0) is 30.7 Å². The normalized spacial score (nSPS) is 10.8. The van der Waals surface area contributed by atoms with Crippen LogP contribution in [0, 0.1) is 0 Å². The first kappa shape index (κ1) is 16.8. The largest absolute Gasteiger partial charge is 0.463 e. The molecule has 0 bridgehead atoms. The predicted octanol–water partition coefficient (Wildman–Crippen LogP) is 3.15. The molecule has 1 N–H and O–H groups in total. The summed E-state index contributed by atoms with van der Waals surface area (Å²) in [6.45, 7) is 1.36. The van der Waals surface area contributed by atoms with Crippen LogP contribution in [-0.2, 0) is 6.54 Å². The molecule has 4 aromatic rings. The van der Waals surface area contributed by atoms with Crippen molar-refractivity contribution in [2.24, 2.45) is 0 Å². The number of imidazole rings is 1. The number of nitrogens with zero attached hydrogens (tertiary/aromatic N) is 4.